The number of nitrogens with zero attached hydrogens (tertiary/aromatic N) is 1. The number of hydrogen-bond acceptors (Lipinski definition) is 5. The molecular formula is C16H17BrN2O5S. The zero-order chi connectivity index (χ0) is 18.6. The number of benzene rings is 2. The predicted octanol–water partition coefficient (Wildman–Crippen LogP) is 4.26. The first kappa shape index (κ1) is 19.2. The van der Waals surface area contributed by atoms with E-state index in [0.29, 0.717) is 16.8 Å². The topological polar surface area (TPSA) is 98.5 Å². The van der Waals surface area contributed by atoms with E-state index in [1.165, 1.54) is 24.3 Å². The van der Waals surface area contributed by atoms with E-state index in [-0.39, 0.29) is 16.3 Å². The molecule has 0 aromatic heterocycles. The van der Waals surface area contributed by atoms with E-state index < -0.39 is 14.9 Å². The van der Waals surface area contributed by atoms with Crippen molar-refractivity contribution < 1.29 is 18.1 Å². The summed E-state index contributed by atoms with van der Waals surface area (Å²) in [4.78, 5) is 10.6. The summed E-state index contributed by atoms with van der Waals surface area (Å²) in [5, 5.41) is 11.3. The normalized spacial score (nSPS) is 11.2. The summed E-state index contributed by atoms with van der Waals surface area (Å²) in [6.07, 6.45) is 0.744. The molecule has 0 radical (unpaired) electrons. The zero-order valence-corrected chi connectivity index (χ0v) is 16.1. The number of nitro benzene ring substituents is 1. The highest BCUT2D eigenvalue weighted by Gasteiger charge is 2.23. The van der Waals surface area contributed by atoms with Crippen LogP contribution in [0.2, 0.25) is 0 Å². The lowest BCUT2D eigenvalue weighted by atomic mass is 10.2. The lowest BCUT2D eigenvalue weighted by Gasteiger charge is -2.12. The highest BCUT2D eigenvalue weighted by Crippen LogP contribution is 2.37. The Labute approximate surface area is 154 Å². The molecule has 0 aliphatic heterocycles. The van der Waals surface area contributed by atoms with Crippen molar-refractivity contribution in [3.05, 3.63) is 56.5 Å². The van der Waals surface area contributed by atoms with E-state index >= 15 is 0 Å². The SMILES string of the molecule is CCCOc1cc(NS(=O)(=O)c2ccc(C)cc2)c([N+](=O)[O-])cc1Br. The van der Waals surface area contributed by atoms with E-state index in [1.807, 2.05) is 13.8 Å². The fourth-order valence-corrected chi connectivity index (χ4v) is 3.53. The molecule has 0 amide bonds. The van der Waals surface area contributed by atoms with Gasteiger partial charge in [-0.1, -0.05) is 24.6 Å². The first-order chi connectivity index (χ1) is 11.7. The van der Waals surface area contributed by atoms with Gasteiger partial charge in [-0.3, -0.25) is 14.8 Å². The number of anilines is 1. The molecule has 0 atom stereocenters. The molecule has 0 aliphatic rings. The van der Waals surface area contributed by atoms with Crippen molar-refractivity contribution in [1.82, 2.24) is 0 Å². The van der Waals surface area contributed by atoms with Crippen LogP contribution >= 0.6 is 15.9 Å². The predicted molar refractivity (Wildman–Crippen MR) is 98.6 cm³/mol. The molecule has 134 valence electrons. The number of ether oxygens (including phenoxy) is 1. The summed E-state index contributed by atoms with van der Waals surface area (Å²) >= 11 is 3.21. The highest BCUT2D eigenvalue weighted by molar-refractivity contribution is 9.10. The number of nitrogens with one attached hydrogen (secondary N) is 1. The number of halogens is 1. The van der Waals surface area contributed by atoms with Gasteiger partial charge in [0.15, 0.2) is 0 Å². The van der Waals surface area contributed by atoms with Crippen LogP contribution in [0.3, 0.4) is 0 Å². The molecule has 25 heavy (non-hydrogen) atoms. The molecule has 2 aromatic carbocycles. The average Bonchev–Trinajstić information content (AvgIpc) is 2.54. The minimum absolute atomic E-state index is 0.0198. The van der Waals surface area contributed by atoms with Crippen LogP contribution in [0.25, 0.3) is 0 Å². The molecule has 1 N–H and O–H groups in total. The number of nitro groups is 1. The molecule has 0 saturated carbocycles. The van der Waals surface area contributed by atoms with Crippen LogP contribution in [0.1, 0.15) is 18.9 Å². The van der Waals surface area contributed by atoms with Crippen molar-refractivity contribution in [3.63, 3.8) is 0 Å². The fourth-order valence-electron chi connectivity index (χ4n) is 2.02. The first-order valence-corrected chi connectivity index (χ1v) is 9.72. The first-order valence-electron chi connectivity index (χ1n) is 7.45. The van der Waals surface area contributed by atoms with Crippen LogP contribution in [-0.2, 0) is 10.0 Å². The molecule has 0 unspecified atom stereocenters. The van der Waals surface area contributed by atoms with Crippen LogP contribution in [-0.4, -0.2) is 19.9 Å². The summed E-state index contributed by atoms with van der Waals surface area (Å²) in [6, 6.07) is 8.72. The van der Waals surface area contributed by atoms with Crippen LogP contribution in [0.5, 0.6) is 5.75 Å². The molecule has 0 aliphatic carbocycles. The Kier molecular flexibility index (Phi) is 6.02. The number of rotatable bonds is 7. The van der Waals surface area contributed by atoms with Gasteiger partial charge in [0.25, 0.3) is 15.7 Å². The summed E-state index contributed by atoms with van der Waals surface area (Å²) in [5.74, 6) is 0.328. The van der Waals surface area contributed by atoms with E-state index in [4.69, 9.17) is 4.74 Å². The largest absolute Gasteiger partial charge is 0.492 e. The Bertz CT molecular complexity index is 882. The number of hydrogen-bond donors (Lipinski definition) is 1. The van der Waals surface area contributed by atoms with Gasteiger partial charge in [0.2, 0.25) is 0 Å². The highest BCUT2D eigenvalue weighted by atomic mass is 79.9. The molecule has 0 fully saturated rings. The van der Waals surface area contributed by atoms with Crippen molar-refractivity contribution in [3.8, 4) is 5.75 Å². The van der Waals surface area contributed by atoms with Crippen molar-refractivity contribution >= 4 is 37.3 Å². The minimum atomic E-state index is -3.96. The Morgan fingerprint density at radius 2 is 1.88 bits per heavy atom. The quantitative estimate of drug-likeness (QED) is 0.524. The van der Waals surface area contributed by atoms with Gasteiger partial charge in [0.05, 0.1) is 20.9 Å². The van der Waals surface area contributed by atoms with Crippen LogP contribution in [0.4, 0.5) is 11.4 Å². The fraction of sp³-hybridized carbons (Fsp3) is 0.250. The monoisotopic (exact) mass is 428 g/mol. The van der Waals surface area contributed by atoms with Crippen LogP contribution in [0, 0.1) is 17.0 Å². The molecule has 7 nitrogen and oxygen atoms in total. The third kappa shape index (κ3) is 4.70. The van der Waals surface area contributed by atoms with Crippen molar-refractivity contribution in [2.75, 3.05) is 11.3 Å². The molecule has 0 saturated heterocycles. The zero-order valence-electron chi connectivity index (χ0n) is 13.7. The van der Waals surface area contributed by atoms with Gasteiger partial charge in [0.1, 0.15) is 11.4 Å². The van der Waals surface area contributed by atoms with Crippen molar-refractivity contribution in [2.24, 2.45) is 0 Å². The third-order valence-electron chi connectivity index (χ3n) is 3.28. The van der Waals surface area contributed by atoms with Gasteiger partial charge in [-0.25, -0.2) is 8.42 Å². The smallest absolute Gasteiger partial charge is 0.294 e. The molecule has 0 heterocycles. The van der Waals surface area contributed by atoms with E-state index in [1.54, 1.807) is 12.1 Å². The minimum Gasteiger partial charge on any atom is -0.492 e. The van der Waals surface area contributed by atoms with Crippen LogP contribution < -0.4 is 9.46 Å². The molecule has 2 rings (SSSR count). The molecule has 0 spiro atoms. The van der Waals surface area contributed by atoms with Crippen molar-refractivity contribution in [2.45, 2.75) is 25.2 Å². The third-order valence-corrected chi connectivity index (χ3v) is 5.29. The van der Waals surface area contributed by atoms with Gasteiger partial charge >= 0.3 is 0 Å². The van der Waals surface area contributed by atoms with E-state index in [9.17, 15) is 18.5 Å². The molecule has 9 heteroatoms. The summed E-state index contributed by atoms with van der Waals surface area (Å²) in [5.41, 5.74) is 0.384. The van der Waals surface area contributed by atoms with Crippen LogP contribution in [0.15, 0.2) is 45.8 Å². The van der Waals surface area contributed by atoms with E-state index in [0.717, 1.165) is 12.0 Å². The lowest BCUT2D eigenvalue weighted by molar-refractivity contribution is -0.384. The number of sulfonamides is 1. The lowest BCUT2D eigenvalue weighted by Crippen LogP contribution is -2.14. The summed E-state index contributed by atoms with van der Waals surface area (Å²) in [7, 11) is -3.96. The number of aryl methyl sites for hydroxylation is 1. The second-order valence-electron chi connectivity index (χ2n) is 5.32. The maximum Gasteiger partial charge on any atom is 0.294 e. The maximum atomic E-state index is 12.5. The van der Waals surface area contributed by atoms with Gasteiger partial charge in [-0.15, -0.1) is 0 Å². The summed E-state index contributed by atoms with van der Waals surface area (Å²) in [6.45, 7) is 4.15. The van der Waals surface area contributed by atoms with Gasteiger partial charge < -0.3 is 4.74 Å². The Morgan fingerprint density at radius 3 is 2.44 bits per heavy atom. The molecule has 2 aromatic rings. The summed E-state index contributed by atoms with van der Waals surface area (Å²) < 4.78 is 33.2. The van der Waals surface area contributed by atoms with Gasteiger partial charge in [-0.2, -0.15) is 0 Å². The second kappa shape index (κ2) is 7.83. The van der Waals surface area contributed by atoms with Crippen molar-refractivity contribution in [1.29, 1.82) is 0 Å². The second-order valence-corrected chi connectivity index (χ2v) is 7.86. The Hall–Kier alpha value is -2.13. The average molecular weight is 429 g/mol. The van der Waals surface area contributed by atoms with E-state index in [2.05, 4.69) is 20.7 Å². The standard InChI is InChI=1S/C16H17BrN2O5S/c1-3-8-24-16-10-14(15(19(20)21)9-13(16)17)18-25(22,23)12-6-4-11(2)5-7-12/h4-7,9-10,18H,3,8H2,1-2H3. The van der Waals surface area contributed by atoms with Gasteiger partial charge in [0, 0.05) is 12.1 Å². The molecular weight excluding hydrogens is 412 g/mol. The van der Waals surface area contributed by atoms with Gasteiger partial charge in [-0.05, 0) is 41.4 Å². The Balaban J connectivity index is 2.45. The Morgan fingerprint density at radius 1 is 1.24 bits per heavy atom. The maximum absolute atomic E-state index is 12.5. The molecule has 0 bridgehead atoms.